The number of carbonyl (C=O) groups is 1. The monoisotopic (exact) mass is 603 g/mol. The first-order valence-electron chi connectivity index (χ1n) is 14.8. The molecule has 0 fully saturated rings. The number of hydrogen-bond donors (Lipinski definition) is 4. The average Bonchev–Trinajstić information content (AvgIpc) is 3.09. The minimum Gasteiger partial charge on any atom is -0.457 e. The van der Waals surface area contributed by atoms with Gasteiger partial charge in [0.2, 0.25) is 0 Å². The summed E-state index contributed by atoms with van der Waals surface area (Å²) in [6, 6.07) is 23.0. The molecule has 230 valence electrons. The molecule has 0 aliphatic carbocycles. The molecule has 4 N–H and O–H groups in total. The number of amides is 1. The number of para-hydroxylation sites is 1. The predicted molar refractivity (Wildman–Crippen MR) is 182 cm³/mol. The van der Waals surface area contributed by atoms with E-state index in [-0.39, 0.29) is 17.5 Å². The maximum atomic E-state index is 12.1. The van der Waals surface area contributed by atoms with Crippen LogP contribution in [0.25, 0.3) is 21.9 Å². The zero-order chi connectivity index (χ0) is 32.2. The van der Waals surface area contributed by atoms with Gasteiger partial charge in [0.25, 0.3) is 11.5 Å². The van der Waals surface area contributed by atoms with E-state index >= 15 is 0 Å². The fourth-order valence-electron chi connectivity index (χ4n) is 5.71. The van der Waals surface area contributed by atoms with Crippen molar-refractivity contribution in [1.82, 2.24) is 15.8 Å². The molecule has 1 unspecified atom stereocenters. The molecule has 3 aliphatic heterocycles. The molecule has 1 aromatic heterocycles. The number of ether oxygens (including phenoxy) is 2. The largest absolute Gasteiger partial charge is 0.457 e. The number of hydrogen-bond acceptors (Lipinski definition) is 7. The number of nitrogens with one attached hydrogen (secondary N) is 4. The van der Waals surface area contributed by atoms with Crippen molar-refractivity contribution in [2.45, 2.75) is 19.9 Å². The zero-order valence-electron chi connectivity index (χ0n) is 26.1. The summed E-state index contributed by atoms with van der Waals surface area (Å²) in [7, 11) is 5.89. The second-order valence-corrected chi connectivity index (χ2v) is 10.2. The van der Waals surface area contributed by atoms with E-state index < -0.39 is 0 Å². The highest BCUT2D eigenvalue weighted by Crippen LogP contribution is 2.48. The van der Waals surface area contributed by atoms with Crippen LogP contribution in [0.4, 0.5) is 11.4 Å². The Morgan fingerprint density at radius 2 is 1.49 bits per heavy atom. The van der Waals surface area contributed by atoms with Gasteiger partial charge in [-0.25, -0.2) is 5.43 Å². The minimum atomic E-state index is -0.119. The molecule has 1 atom stereocenters. The number of fused-ring (bicyclic) bond motifs is 4. The number of anilines is 2. The lowest BCUT2D eigenvalue weighted by Crippen LogP contribution is -2.46. The van der Waals surface area contributed by atoms with Crippen LogP contribution in [0, 0.1) is 0 Å². The first-order chi connectivity index (χ1) is 21.9. The fourth-order valence-corrected chi connectivity index (χ4v) is 5.71. The van der Waals surface area contributed by atoms with Gasteiger partial charge in [0.1, 0.15) is 23.0 Å². The smallest absolute Gasteiger partial charge is 0.265 e. The quantitative estimate of drug-likeness (QED) is 0.153. The van der Waals surface area contributed by atoms with Crippen LogP contribution in [0.2, 0.25) is 0 Å². The Bertz CT molecular complexity index is 1950. The summed E-state index contributed by atoms with van der Waals surface area (Å²) >= 11 is 0. The number of rotatable bonds is 2. The summed E-state index contributed by atoms with van der Waals surface area (Å²) in [4.78, 5) is 28.7. The van der Waals surface area contributed by atoms with E-state index in [9.17, 15) is 9.59 Å². The lowest BCUT2D eigenvalue weighted by molar-refractivity contribution is 0.0910. The highest BCUT2D eigenvalue weighted by Gasteiger charge is 2.34. The molecular weight excluding hydrogens is 566 g/mol. The van der Waals surface area contributed by atoms with Gasteiger partial charge < -0.3 is 24.7 Å². The van der Waals surface area contributed by atoms with Gasteiger partial charge in [-0.3, -0.25) is 15.0 Å². The van der Waals surface area contributed by atoms with Crippen LogP contribution in [-0.2, 0) is 0 Å². The van der Waals surface area contributed by atoms with E-state index in [2.05, 4.69) is 40.4 Å². The van der Waals surface area contributed by atoms with E-state index in [0.717, 1.165) is 62.0 Å². The third kappa shape index (κ3) is 5.38. The van der Waals surface area contributed by atoms with Crippen LogP contribution in [0.15, 0.2) is 96.9 Å². The molecule has 0 radical (unpaired) electrons. The Morgan fingerprint density at radius 3 is 2.24 bits per heavy atom. The van der Waals surface area contributed by atoms with Crippen LogP contribution >= 0.6 is 0 Å². The molecule has 9 heteroatoms. The first-order valence-corrected chi connectivity index (χ1v) is 14.8. The van der Waals surface area contributed by atoms with Crippen LogP contribution in [0.5, 0.6) is 23.0 Å². The molecule has 8 rings (SSSR count). The Morgan fingerprint density at radius 1 is 0.800 bits per heavy atom. The predicted octanol–water partition coefficient (Wildman–Crippen LogP) is 7.37. The molecule has 1 amide bonds. The van der Waals surface area contributed by atoms with Gasteiger partial charge in [-0.05, 0) is 36.4 Å². The Hall–Kier alpha value is -5.54. The lowest BCUT2D eigenvalue weighted by Gasteiger charge is -2.33. The van der Waals surface area contributed by atoms with Crippen molar-refractivity contribution in [2.75, 3.05) is 31.4 Å². The number of hydrazine groups is 1. The highest BCUT2D eigenvalue weighted by molar-refractivity contribution is 6.04. The molecule has 0 bridgehead atoms. The van der Waals surface area contributed by atoms with Crippen molar-refractivity contribution in [1.29, 1.82) is 0 Å². The number of benzene rings is 4. The molecule has 4 heterocycles. The highest BCUT2D eigenvalue weighted by atomic mass is 16.5. The van der Waals surface area contributed by atoms with Gasteiger partial charge in [-0.2, -0.15) is 0 Å². The number of H-pyrrole nitrogens is 1. The standard InChI is InChI=1S/C18H17N3O2.C14H10N2O2.C2H6.C2H4/c1-19-13-7-11-12-9-20-18(22)10-5-4-6-15(17(10)12)23-16(11)8-14(13)21(2)3;17-14-9-5-3-7-11-12(9)13(15-16-14)8-4-1-2-6-10(8)18-11;2*1-2/h4-9,19H,1-3H3,(H,20,22);1-7,13,15H,(H,16,17);1-2H3;1-2H2. The van der Waals surface area contributed by atoms with E-state index in [4.69, 9.17) is 9.47 Å². The Balaban J connectivity index is 0.000000164. The molecule has 0 spiro atoms. The lowest BCUT2D eigenvalue weighted by atomic mass is 9.90. The van der Waals surface area contributed by atoms with Gasteiger partial charge in [0, 0.05) is 66.6 Å². The summed E-state index contributed by atoms with van der Waals surface area (Å²) < 4.78 is 11.9. The molecule has 4 aromatic carbocycles. The van der Waals surface area contributed by atoms with Crippen LogP contribution < -0.4 is 36.1 Å². The van der Waals surface area contributed by atoms with Crippen LogP contribution in [0.3, 0.4) is 0 Å². The molecule has 9 nitrogen and oxygen atoms in total. The maximum Gasteiger partial charge on any atom is 0.265 e. The molecule has 0 saturated carbocycles. The van der Waals surface area contributed by atoms with E-state index in [1.54, 1.807) is 6.20 Å². The average molecular weight is 604 g/mol. The van der Waals surface area contributed by atoms with E-state index in [1.165, 1.54) is 0 Å². The molecule has 3 aliphatic rings. The SMILES string of the molecule is C=C.CC.CNc1cc2c(cc1N(C)C)Oc1cccc3c(=O)[nH]cc-2c13.O=C1NNC2c3ccccc3Oc3cccc1c32. The van der Waals surface area contributed by atoms with E-state index in [0.29, 0.717) is 10.9 Å². The Labute approximate surface area is 262 Å². The first kappa shape index (κ1) is 30.9. The molecule has 45 heavy (non-hydrogen) atoms. The maximum absolute atomic E-state index is 12.1. The fraction of sp³-hybridized carbons (Fsp3) is 0.167. The van der Waals surface area contributed by atoms with E-state index in [1.807, 2.05) is 107 Å². The van der Waals surface area contributed by atoms with Gasteiger partial charge in [-0.15, -0.1) is 13.2 Å². The van der Waals surface area contributed by atoms with Crippen molar-refractivity contribution in [3.8, 4) is 34.1 Å². The number of nitrogens with zero attached hydrogens (tertiary/aromatic N) is 1. The van der Waals surface area contributed by atoms with Crippen molar-refractivity contribution in [3.63, 3.8) is 0 Å². The normalized spacial score (nSPS) is 14.0. The topological polar surface area (TPSA) is 108 Å². The minimum absolute atomic E-state index is 0.0427. The number of carbonyl (C=O) groups excluding carboxylic acids is 1. The third-order valence-corrected chi connectivity index (χ3v) is 7.63. The summed E-state index contributed by atoms with van der Waals surface area (Å²) in [5.41, 5.74) is 12.3. The molecule has 0 saturated heterocycles. The summed E-state index contributed by atoms with van der Waals surface area (Å²) in [5, 5.41) is 4.74. The summed E-state index contributed by atoms with van der Waals surface area (Å²) in [6.45, 7) is 10.0. The number of pyridine rings is 1. The van der Waals surface area contributed by atoms with Crippen LogP contribution in [0.1, 0.15) is 41.4 Å². The summed E-state index contributed by atoms with van der Waals surface area (Å²) in [6.07, 6.45) is 1.77. The van der Waals surface area contributed by atoms with Crippen molar-refractivity contribution in [2.24, 2.45) is 0 Å². The second kappa shape index (κ2) is 13.0. The van der Waals surface area contributed by atoms with Crippen LogP contribution in [-0.4, -0.2) is 32.0 Å². The van der Waals surface area contributed by atoms with Gasteiger partial charge >= 0.3 is 0 Å². The molecular formula is C36H37N5O4. The number of aromatic amines is 1. The van der Waals surface area contributed by atoms with Crippen molar-refractivity contribution < 1.29 is 14.3 Å². The van der Waals surface area contributed by atoms with Gasteiger partial charge in [-0.1, -0.05) is 44.2 Å². The summed E-state index contributed by atoms with van der Waals surface area (Å²) in [5.74, 6) is 2.97. The second-order valence-electron chi connectivity index (χ2n) is 10.2. The zero-order valence-corrected chi connectivity index (χ0v) is 26.1. The van der Waals surface area contributed by atoms with Gasteiger partial charge in [0.05, 0.1) is 22.8 Å². The Kier molecular flexibility index (Phi) is 8.92. The number of aromatic nitrogens is 1. The van der Waals surface area contributed by atoms with Crippen molar-refractivity contribution >= 4 is 28.1 Å². The van der Waals surface area contributed by atoms with Crippen molar-refractivity contribution in [3.05, 3.63) is 119 Å². The molecule has 5 aromatic rings. The van der Waals surface area contributed by atoms with Gasteiger partial charge in [0.15, 0.2) is 0 Å². The third-order valence-electron chi connectivity index (χ3n) is 7.63.